The maximum atomic E-state index is 5.58. The third kappa shape index (κ3) is 5.70. The summed E-state index contributed by atoms with van der Waals surface area (Å²) >= 11 is 0. The summed E-state index contributed by atoms with van der Waals surface area (Å²) in [6.07, 6.45) is 0. The molecular weight excluding hydrogens is 212 g/mol. The highest BCUT2D eigenvalue weighted by molar-refractivity contribution is 5.30. The van der Waals surface area contributed by atoms with E-state index in [1.54, 1.807) is 0 Å². The molecule has 0 saturated heterocycles. The summed E-state index contributed by atoms with van der Waals surface area (Å²) < 4.78 is 5.58. The molecule has 0 saturated carbocycles. The van der Waals surface area contributed by atoms with E-state index in [1.807, 2.05) is 60.7 Å². The quantitative estimate of drug-likeness (QED) is 0.851. The van der Waals surface area contributed by atoms with Gasteiger partial charge in [0.2, 0.25) is 0 Å². The fraction of sp³-hybridized carbons (Fsp3) is 0.143. The van der Waals surface area contributed by atoms with Crippen LogP contribution in [0.5, 0.6) is 11.5 Å². The van der Waals surface area contributed by atoms with Gasteiger partial charge in [-0.3, -0.25) is 0 Å². The Hall–Kier alpha value is -1.84. The van der Waals surface area contributed by atoms with Gasteiger partial charge in [0.15, 0.2) is 0 Å². The van der Waals surface area contributed by atoms with Gasteiger partial charge in [0, 0.05) is 13.1 Å². The van der Waals surface area contributed by atoms with E-state index < -0.39 is 0 Å². The SMILES string of the molecule is NCCN.c1ccc(Oc2ccccc2)cc1. The molecule has 3 nitrogen and oxygen atoms in total. The minimum absolute atomic E-state index is 0.597. The molecule has 0 radical (unpaired) electrons. The fourth-order valence-electron chi connectivity index (χ4n) is 1.11. The molecule has 0 unspecified atom stereocenters. The predicted molar refractivity (Wildman–Crippen MR) is 71.1 cm³/mol. The average Bonchev–Trinajstić information content (AvgIpc) is 2.41. The summed E-state index contributed by atoms with van der Waals surface area (Å²) in [7, 11) is 0. The van der Waals surface area contributed by atoms with Crippen molar-refractivity contribution in [2.75, 3.05) is 13.1 Å². The van der Waals surface area contributed by atoms with E-state index in [9.17, 15) is 0 Å². The summed E-state index contributed by atoms with van der Waals surface area (Å²) in [6.45, 7) is 1.19. The van der Waals surface area contributed by atoms with Gasteiger partial charge in [0.05, 0.1) is 0 Å². The van der Waals surface area contributed by atoms with Crippen molar-refractivity contribution >= 4 is 0 Å². The second-order valence-electron chi connectivity index (χ2n) is 3.31. The molecule has 4 N–H and O–H groups in total. The Labute approximate surface area is 102 Å². The minimum atomic E-state index is 0.597. The summed E-state index contributed by atoms with van der Waals surface area (Å²) in [6, 6.07) is 19.5. The molecule has 2 rings (SSSR count). The van der Waals surface area contributed by atoms with Gasteiger partial charge in [-0.05, 0) is 24.3 Å². The van der Waals surface area contributed by atoms with Crippen molar-refractivity contribution in [1.29, 1.82) is 0 Å². The van der Waals surface area contributed by atoms with E-state index in [2.05, 4.69) is 0 Å². The highest BCUT2D eigenvalue weighted by Crippen LogP contribution is 2.19. The van der Waals surface area contributed by atoms with E-state index in [4.69, 9.17) is 16.2 Å². The molecule has 17 heavy (non-hydrogen) atoms. The Kier molecular flexibility index (Phi) is 6.48. The largest absolute Gasteiger partial charge is 0.457 e. The Morgan fingerprint density at radius 1 is 0.647 bits per heavy atom. The summed E-state index contributed by atoms with van der Waals surface area (Å²) in [5.74, 6) is 1.74. The van der Waals surface area contributed by atoms with Crippen molar-refractivity contribution in [3.05, 3.63) is 60.7 Å². The smallest absolute Gasteiger partial charge is 0.127 e. The van der Waals surface area contributed by atoms with Crippen molar-refractivity contribution in [3.8, 4) is 11.5 Å². The predicted octanol–water partition coefficient (Wildman–Crippen LogP) is 2.38. The van der Waals surface area contributed by atoms with Crippen molar-refractivity contribution in [3.63, 3.8) is 0 Å². The van der Waals surface area contributed by atoms with Crippen LogP contribution in [0.25, 0.3) is 0 Å². The van der Waals surface area contributed by atoms with Crippen LogP contribution in [-0.4, -0.2) is 13.1 Å². The molecule has 2 aromatic carbocycles. The third-order valence-corrected chi connectivity index (χ3v) is 1.89. The number of para-hydroxylation sites is 2. The summed E-state index contributed by atoms with van der Waals surface area (Å²) in [5, 5.41) is 0. The molecule has 0 amide bonds. The number of hydrogen-bond acceptors (Lipinski definition) is 3. The van der Waals surface area contributed by atoms with Gasteiger partial charge < -0.3 is 16.2 Å². The second kappa shape index (κ2) is 8.33. The first-order valence-corrected chi connectivity index (χ1v) is 5.55. The molecule has 3 heteroatoms. The van der Waals surface area contributed by atoms with Gasteiger partial charge in [-0.15, -0.1) is 0 Å². The molecule has 0 aliphatic carbocycles. The van der Waals surface area contributed by atoms with Gasteiger partial charge >= 0.3 is 0 Å². The molecule has 0 aliphatic heterocycles. The van der Waals surface area contributed by atoms with Crippen LogP contribution in [-0.2, 0) is 0 Å². The molecule has 90 valence electrons. The Bertz CT molecular complexity index is 350. The fourth-order valence-corrected chi connectivity index (χ4v) is 1.11. The van der Waals surface area contributed by atoms with E-state index in [0.717, 1.165) is 11.5 Å². The number of benzene rings is 2. The lowest BCUT2D eigenvalue weighted by molar-refractivity contribution is 0.482. The van der Waals surface area contributed by atoms with Gasteiger partial charge in [-0.1, -0.05) is 36.4 Å². The van der Waals surface area contributed by atoms with Gasteiger partial charge in [0.1, 0.15) is 11.5 Å². The molecule has 0 fully saturated rings. The number of nitrogens with two attached hydrogens (primary N) is 2. The van der Waals surface area contributed by atoms with E-state index in [-0.39, 0.29) is 0 Å². The molecule has 0 aromatic heterocycles. The Morgan fingerprint density at radius 2 is 1.00 bits per heavy atom. The molecule has 2 aromatic rings. The van der Waals surface area contributed by atoms with Crippen LogP contribution in [0.3, 0.4) is 0 Å². The standard InChI is InChI=1S/C12H10O.C2H8N2/c1-3-7-11(8-4-1)13-12-9-5-2-6-10-12;3-1-2-4/h1-10H;1-4H2. The van der Waals surface area contributed by atoms with Crippen LogP contribution >= 0.6 is 0 Å². The number of ether oxygens (including phenoxy) is 1. The lowest BCUT2D eigenvalue weighted by Crippen LogP contribution is -2.11. The topological polar surface area (TPSA) is 61.3 Å². The second-order valence-corrected chi connectivity index (χ2v) is 3.31. The van der Waals surface area contributed by atoms with Gasteiger partial charge in [-0.25, -0.2) is 0 Å². The first-order valence-electron chi connectivity index (χ1n) is 5.55. The zero-order chi connectivity index (χ0) is 12.3. The average molecular weight is 230 g/mol. The van der Waals surface area contributed by atoms with E-state index >= 15 is 0 Å². The lowest BCUT2D eigenvalue weighted by Gasteiger charge is -2.03. The van der Waals surface area contributed by atoms with Gasteiger partial charge in [-0.2, -0.15) is 0 Å². The zero-order valence-electron chi connectivity index (χ0n) is 9.75. The highest BCUT2D eigenvalue weighted by Gasteiger charge is 1.92. The normalized spacial score (nSPS) is 9.06. The third-order valence-electron chi connectivity index (χ3n) is 1.89. The maximum Gasteiger partial charge on any atom is 0.127 e. The first kappa shape index (κ1) is 13.2. The van der Waals surface area contributed by atoms with Crippen LogP contribution < -0.4 is 16.2 Å². The number of rotatable bonds is 3. The van der Waals surface area contributed by atoms with Crippen LogP contribution in [0.15, 0.2) is 60.7 Å². The minimum Gasteiger partial charge on any atom is -0.457 e. The molecule has 0 bridgehead atoms. The van der Waals surface area contributed by atoms with Crippen LogP contribution in [0.1, 0.15) is 0 Å². The van der Waals surface area contributed by atoms with Crippen molar-refractivity contribution in [2.45, 2.75) is 0 Å². The number of hydrogen-bond donors (Lipinski definition) is 2. The Morgan fingerprint density at radius 3 is 1.29 bits per heavy atom. The van der Waals surface area contributed by atoms with Gasteiger partial charge in [0.25, 0.3) is 0 Å². The van der Waals surface area contributed by atoms with Crippen LogP contribution in [0, 0.1) is 0 Å². The zero-order valence-corrected chi connectivity index (χ0v) is 9.75. The van der Waals surface area contributed by atoms with E-state index in [1.165, 1.54) is 0 Å². The lowest BCUT2D eigenvalue weighted by atomic mass is 10.3. The van der Waals surface area contributed by atoms with Crippen molar-refractivity contribution in [2.24, 2.45) is 11.5 Å². The molecule has 0 aliphatic rings. The van der Waals surface area contributed by atoms with Crippen molar-refractivity contribution in [1.82, 2.24) is 0 Å². The maximum absolute atomic E-state index is 5.58. The highest BCUT2D eigenvalue weighted by atomic mass is 16.5. The molecule has 0 heterocycles. The molecular formula is C14H18N2O. The van der Waals surface area contributed by atoms with Crippen LogP contribution in [0.2, 0.25) is 0 Å². The Balaban J connectivity index is 0.000000317. The summed E-state index contributed by atoms with van der Waals surface area (Å²) in [4.78, 5) is 0. The van der Waals surface area contributed by atoms with E-state index in [0.29, 0.717) is 13.1 Å². The molecule has 0 spiro atoms. The van der Waals surface area contributed by atoms with Crippen molar-refractivity contribution < 1.29 is 4.74 Å². The monoisotopic (exact) mass is 230 g/mol. The van der Waals surface area contributed by atoms with Crippen LogP contribution in [0.4, 0.5) is 0 Å². The first-order chi connectivity index (χ1) is 8.36. The summed E-state index contributed by atoms with van der Waals surface area (Å²) in [5.41, 5.74) is 9.81. The molecule has 0 atom stereocenters.